The summed E-state index contributed by atoms with van der Waals surface area (Å²) in [5.41, 5.74) is 0.0593. The minimum absolute atomic E-state index is 0.0593. The van der Waals surface area contributed by atoms with Gasteiger partial charge in [0, 0.05) is 19.3 Å². The molecule has 0 bridgehead atoms. The fourth-order valence-corrected chi connectivity index (χ4v) is 1.29. The highest BCUT2D eigenvalue weighted by Gasteiger charge is 2.11. The Morgan fingerprint density at radius 3 is 3.06 bits per heavy atom. The quantitative estimate of drug-likeness (QED) is 0.748. The van der Waals surface area contributed by atoms with Crippen LogP contribution in [0.2, 0.25) is 5.02 Å². The summed E-state index contributed by atoms with van der Waals surface area (Å²) in [7, 11) is 0. The van der Waals surface area contributed by atoms with E-state index >= 15 is 0 Å². The maximum atomic E-state index is 10.9. The highest BCUT2D eigenvalue weighted by atomic mass is 35.5. The van der Waals surface area contributed by atoms with E-state index in [-0.39, 0.29) is 5.56 Å². The van der Waals surface area contributed by atoms with Gasteiger partial charge in [-0.2, -0.15) is 0 Å². The van der Waals surface area contributed by atoms with Gasteiger partial charge >= 0.3 is 5.97 Å². The molecule has 0 aromatic carbocycles. The number of nitrogens with one attached hydrogen (secondary N) is 1. The molecular weight excluding hydrogens is 232 g/mol. The summed E-state index contributed by atoms with van der Waals surface area (Å²) >= 11 is 5.67. The van der Waals surface area contributed by atoms with E-state index in [2.05, 4.69) is 10.3 Å². The molecule has 1 aromatic heterocycles. The molecule has 0 amide bonds. The Kier molecular flexibility index (Phi) is 5.01. The molecule has 0 aliphatic carbocycles. The van der Waals surface area contributed by atoms with Crippen LogP contribution in [-0.2, 0) is 4.74 Å². The molecule has 5 nitrogen and oxygen atoms in total. The van der Waals surface area contributed by atoms with Crippen LogP contribution >= 0.6 is 11.6 Å². The molecule has 1 heterocycles. The number of nitrogens with zero attached hydrogens (tertiary/aromatic N) is 1. The topological polar surface area (TPSA) is 71.5 Å². The zero-order chi connectivity index (χ0) is 12.0. The van der Waals surface area contributed by atoms with Gasteiger partial charge in [0.05, 0.1) is 11.6 Å². The molecule has 0 fully saturated rings. The number of carboxylic acids is 1. The Hall–Kier alpha value is -1.33. The van der Waals surface area contributed by atoms with E-state index in [0.29, 0.717) is 30.6 Å². The summed E-state index contributed by atoms with van der Waals surface area (Å²) in [4.78, 5) is 14.8. The van der Waals surface area contributed by atoms with Crippen molar-refractivity contribution in [1.29, 1.82) is 0 Å². The van der Waals surface area contributed by atoms with E-state index in [0.717, 1.165) is 0 Å². The van der Waals surface area contributed by atoms with Crippen molar-refractivity contribution >= 4 is 23.4 Å². The van der Waals surface area contributed by atoms with Crippen molar-refractivity contribution in [3.8, 4) is 0 Å². The van der Waals surface area contributed by atoms with Crippen molar-refractivity contribution in [3.63, 3.8) is 0 Å². The number of aromatic nitrogens is 1. The van der Waals surface area contributed by atoms with Crippen LogP contribution in [-0.4, -0.2) is 35.8 Å². The maximum absolute atomic E-state index is 10.9. The van der Waals surface area contributed by atoms with Crippen molar-refractivity contribution in [2.45, 2.75) is 6.92 Å². The number of aromatic carboxylic acids is 1. The van der Waals surface area contributed by atoms with Gasteiger partial charge in [-0.1, -0.05) is 11.6 Å². The van der Waals surface area contributed by atoms with Gasteiger partial charge < -0.3 is 15.2 Å². The highest BCUT2D eigenvalue weighted by molar-refractivity contribution is 6.30. The first kappa shape index (κ1) is 12.7. The molecule has 0 saturated heterocycles. The predicted octanol–water partition coefficient (Wildman–Crippen LogP) is 1.88. The third-order valence-corrected chi connectivity index (χ3v) is 2.03. The maximum Gasteiger partial charge on any atom is 0.339 e. The van der Waals surface area contributed by atoms with Gasteiger partial charge in [0.25, 0.3) is 0 Å². The largest absolute Gasteiger partial charge is 0.478 e. The lowest BCUT2D eigenvalue weighted by Gasteiger charge is -2.08. The van der Waals surface area contributed by atoms with E-state index in [1.807, 2.05) is 6.92 Å². The first-order valence-corrected chi connectivity index (χ1v) is 5.23. The van der Waals surface area contributed by atoms with Crippen molar-refractivity contribution in [2.24, 2.45) is 0 Å². The molecule has 0 spiro atoms. The van der Waals surface area contributed by atoms with Crippen LogP contribution in [0.25, 0.3) is 0 Å². The smallest absolute Gasteiger partial charge is 0.339 e. The van der Waals surface area contributed by atoms with Gasteiger partial charge in [0.1, 0.15) is 11.4 Å². The Balaban J connectivity index is 2.67. The Morgan fingerprint density at radius 1 is 1.69 bits per heavy atom. The van der Waals surface area contributed by atoms with Gasteiger partial charge in [-0.25, -0.2) is 9.78 Å². The SMILES string of the molecule is CCOCCNc1ncc(Cl)cc1C(=O)O. The lowest BCUT2D eigenvalue weighted by molar-refractivity contribution is 0.0697. The van der Waals surface area contributed by atoms with Crippen LogP contribution in [0.1, 0.15) is 17.3 Å². The van der Waals surface area contributed by atoms with E-state index in [1.165, 1.54) is 12.3 Å². The summed E-state index contributed by atoms with van der Waals surface area (Å²) in [6.07, 6.45) is 1.40. The normalized spacial score (nSPS) is 10.1. The first-order chi connectivity index (χ1) is 7.65. The average molecular weight is 245 g/mol. The van der Waals surface area contributed by atoms with Crippen molar-refractivity contribution in [3.05, 3.63) is 22.8 Å². The van der Waals surface area contributed by atoms with E-state index in [9.17, 15) is 4.79 Å². The fourth-order valence-electron chi connectivity index (χ4n) is 1.13. The molecule has 6 heteroatoms. The molecule has 1 aromatic rings. The standard InChI is InChI=1S/C10H13ClN2O3/c1-2-16-4-3-12-9-8(10(14)15)5-7(11)6-13-9/h5-6H,2-4H2,1H3,(H,12,13)(H,14,15). The molecule has 0 radical (unpaired) electrons. The summed E-state index contributed by atoms with van der Waals surface area (Å²) in [5.74, 6) is -0.759. The number of ether oxygens (including phenoxy) is 1. The number of halogens is 1. The van der Waals surface area contributed by atoms with Crippen molar-refractivity contribution in [2.75, 3.05) is 25.1 Å². The minimum Gasteiger partial charge on any atom is -0.478 e. The fraction of sp³-hybridized carbons (Fsp3) is 0.400. The number of carboxylic acid groups (broad SMARTS) is 1. The van der Waals surface area contributed by atoms with Gasteiger partial charge in [-0.05, 0) is 13.0 Å². The summed E-state index contributed by atoms with van der Waals surface area (Å²) in [5, 5.41) is 12.1. The first-order valence-electron chi connectivity index (χ1n) is 4.85. The minimum atomic E-state index is -1.06. The molecule has 0 saturated carbocycles. The second-order valence-electron chi connectivity index (χ2n) is 2.98. The molecule has 0 aliphatic heterocycles. The van der Waals surface area contributed by atoms with Crippen LogP contribution in [0.5, 0.6) is 0 Å². The van der Waals surface area contributed by atoms with Crippen LogP contribution in [0.3, 0.4) is 0 Å². The van der Waals surface area contributed by atoms with Crippen LogP contribution < -0.4 is 5.32 Å². The van der Waals surface area contributed by atoms with E-state index in [4.69, 9.17) is 21.4 Å². The van der Waals surface area contributed by atoms with Gasteiger partial charge in [-0.3, -0.25) is 0 Å². The van der Waals surface area contributed by atoms with E-state index < -0.39 is 5.97 Å². The third-order valence-electron chi connectivity index (χ3n) is 1.83. The van der Waals surface area contributed by atoms with Crippen molar-refractivity contribution < 1.29 is 14.6 Å². The predicted molar refractivity (Wildman–Crippen MR) is 61.2 cm³/mol. The number of carbonyl (C=O) groups is 1. The Labute approximate surface area is 98.4 Å². The number of hydrogen-bond acceptors (Lipinski definition) is 4. The molecule has 16 heavy (non-hydrogen) atoms. The average Bonchev–Trinajstić information content (AvgIpc) is 2.26. The second-order valence-corrected chi connectivity index (χ2v) is 3.41. The zero-order valence-electron chi connectivity index (χ0n) is 8.86. The van der Waals surface area contributed by atoms with Crippen LogP contribution in [0.4, 0.5) is 5.82 Å². The summed E-state index contributed by atoms with van der Waals surface area (Å²) in [6.45, 7) is 3.52. The monoisotopic (exact) mass is 244 g/mol. The molecular formula is C10H13ClN2O3. The Morgan fingerprint density at radius 2 is 2.44 bits per heavy atom. The number of hydrogen-bond donors (Lipinski definition) is 2. The van der Waals surface area contributed by atoms with Crippen LogP contribution in [0.15, 0.2) is 12.3 Å². The summed E-state index contributed by atoms with van der Waals surface area (Å²) < 4.78 is 5.12. The lowest BCUT2D eigenvalue weighted by Crippen LogP contribution is -2.13. The zero-order valence-corrected chi connectivity index (χ0v) is 9.62. The Bertz CT molecular complexity index is 371. The highest BCUT2D eigenvalue weighted by Crippen LogP contribution is 2.17. The number of pyridine rings is 1. The van der Waals surface area contributed by atoms with Gasteiger partial charge in [-0.15, -0.1) is 0 Å². The van der Waals surface area contributed by atoms with Gasteiger partial charge in [0.15, 0.2) is 0 Å². The summed E-state index contributed by atoms with van der Waals surface area (Å²) in [6, 6.07) is 1.36. The van der Waals surface area contributed by atoms with E-state index in [1.54, 1.807) is 0 Å². The lowest BCUT2D eigenvalue weighted by atomic mass is 10.2. The van der Waals surface area contributed by atoms with Gasteiger partial charge in [0.2, 0.25) is 0 Å². The molecule has 0 aliphatic rings. The molecule has 2 N–H and O–H groups in total. The number of rotatable bonds is 6. The molecule has 0 atom stereocenters. The molecule has 1 rings (SSSR count). The molecule has 0 unspecified atom stereocenters. The second kappa shape index (κ2) is 6.30. The van der Waals surface area contributed by atoms with Crippen molar-refractivity contribution in [1.82, 2.24) is 4.98 Å². The van der Waals surface area contributed by atoms with Crippen LogP contribution in [0, 0.1) is 0 Å². The molecule has 88 valence electrons. The third kappa shape index (κ3) is 3.67. The number of anilines is 1.